The van der Waals surface area contributed by atoms with Gasteiger partial charge in [0.2, 0.25) is 5.91 Å². The largest absolute Gasteiger partial charge is 0.378 e. The summed E-state index contributed by atoms with van der Waals surface area (Å²) in [4.78, 5) is 28.0. The number of aryl methyl sites for hydroxylation is 1. The minimum absolute atomic E-state index is 0.0123. The molecule has 0 unspecified atom stereocenters. The predicted octanol–water partition coefficient (Wildman–Crippen LogP) is 6.73. The summed E-state index contributed by atoms with van der Waals surface area (Å²) in [5, 5.41) is 5.63. The first-order chi connectivity index (χ1) is 19.1. The average molecular weight is 534 g/mol. The molecule has 0 aliphatic rings. The van der Waals surface area contributed by atoms with E-state index in [-0.39, 0.29) is 11.8 Å². The molecular formula is C33H47N3O3. The number of hydrogen-bond donors (Lipinski definition) is 2. The highest BCUT2D eigenvalue weighted by Gasteiger charge is 2.04. The van der Waals surface area contributed by atoms with Gasteiger partial charge in [0.1, 0.15) is 0 Å². The van der Waals surface area contributed by atoms with Gasteiger partial charge in [-0.15, -0.1) is 0 Å². The molecule has 0 bridgehead atoms. The van der Waals surface area contributed by atoms with E-state index in [2.05, 4.69) is 89.4 Å². The van der Waals surface area contributed by atoms with Crippen molar-refractivity contribution in [2.45, 2.75) is 65.2 Å². The quantitative estimate of drug-likeness (QED) is 0.136. The van der Waals surface area contributed by atoms with E-state index in [1.165, 1.54) is 0 Å². The number of allylic oxidation sites excluding steroid dienone is 12. The molecule has 6 nitrogen and oxygen atoms in total. The number of amides is 2. The molecule has 0 aliphatic carbocycles. The van der Waals surface area contributed by atoms with Crippen LogP contribution in [-0.2, 0) is 9.53 Å². The lowest BCUT2D eigenvalue weighted by molar-refractivity contribution is -0.121. The van der Waals surface area contributed by atoms with Crippen LogP contribution in [0.5, 0.6) is 0 Å². The van der Waals surface area contributed by atoms with Gasteiger partial charge in [0.15, 0.2) is 0 Å². The molecule has 1 aromatic heterocycles. The van der Waals surface area contributed by atoms with Gasteiger partial charge in [-0.1, -0.05) is 79.8 Å². The second-order valence-corrected chi connectivity index (χ2v) is 8.86. The lowest BCUT2D eigenvalue weighted by Gasteiger charge is -2.07. The van der Waals surface area contributed by atoms with Gasteiger partial charge in [-0.05, 0) is 64.0 Å². The SMILES string of the molecule is CC/C=C\C/C=C\C/C=C\CC=CC/C=C\C/C=C\CCC(=O)NCCOCCNC(=O)c1ccc(C)nc1. The molecule has 0 saturated heterocycles. The minimum atomic E-state index is -0.172. The van der Waals surface area contributed by atoms with Gasteiger partial charge in [-0.3, -0.25) is 14.6 Å². The van der Waals surface area contributed by atoms with E-state index >= 15 is 0 Å². The normalized spacial score (nSPS) is 12.3. The standard InChI is InChI=1S/C33H47N3O3/c1-3-4-5-6-7-8-9-10-11-12-13-14-15-16-17-18-19-20-21-22-32(37)34-25-27-39-28-26-35-33(38)31-24-23-30(2)36-29-31/h4-5,7-8,10-11,13-14,16-17,19-20,23-24,29H,3,6,9,12,15,18,21-22,25-28H2,1-2H3,(H,34,37)(H,35,38)/b5-4-,8-7-,11-10-,14-13?,17-16-,20-19-. The molecule has 0 atom stereocenters. The van der Waals surface area contributed by atoms with Crippen molar-refractivity contribution in [1.82, 2.24) is 15.6 Å². The van der Waals surface area contributed by atoms with Crippen molar-refractivity contribution >= 4 is 11.8 Å². The van der Waals surface area contributed by atoms with Gasteiger partial charge in [0, 0.05) is 31.4 Å². The van der Waals surface area contributed by atoms with Crippen LogP contribution < -0.4 is 10.6 Å². The number of carbonyl (C=O) groups is 2. The first-order valence-electron chi connectivity index (χ1n) is 14.1. The third kappa shape index (κ3) is 21.1. The molecule has 0 aromatic carbocycles. The molecule has 1 aromatic rings. The summed E-state index contributed by atoms with van der Waals surface area (Å²) in [7, 11) is 0. The van der Waals surface area contributed by atoms with Crippen LogP contribution in [0.15, 0.2) is 91.2 Å². The van der Waals surface area contributed by atoms with E-state index in [1.807, 2.05) is 13.0 Å². The zero-order chi connectivity index (χ0) is 28.2. The molecule has 0 spiro atoms. The Labute approximate surface area is 235 Å². The van der Waals surface area contributed by atoms with Gasteiger partial charge < -0.3 is 15.4 Å². The Morgan fingerprint density at radius 2 is 1.26 bits per heavy atom. The summed E-state index contributed by atoms with van der Waals surface area (Å²) in [6, 6.07) is 3.55. The summed E-state index contributed by atoms with van der Waals surface area (Å²) in [5.41, 5.74) is 1.40. The van der Waals surface area contributed by atoms with Crippen LogP contribution in [0.4, 0.5) is 0 Å². The van der Waals surface area contributed by atoms with E-state index in [4.69, 9.17) is 4.74 Å². The molecule has 2 amide bonds. The fourth-order valence-electron chi connectivity index (χ4n) is 3.25. The Morgan fingerprint density at radius 1 is 0.744 bits per heavy atom. The highest BCUT2D eigenvalue weighted by molar-refractivity contribution is 5.93. The molecule has 6 heteroatoms. The number of aromatic nitrogens is 1. The van der Waals surface area contributed by atoms with E-state index in [1.54, 1.807) is 18.3 Å². The number of nitrogens with zero attached hydrogens (tertiary/aromatic N) is 1. The van der Waals surface area contributed by atoms with Gasteiger partial charge in [0.25, 0.3) is 5.91 Å². The van der Waals surface area contributed by atoms with Crippen LogP contribution in [-0.4, -0.2) is 43.1 Å². The maximum atomic E-state index is 12.0. The highest BCUT2D eigenvalue weighted by atomic mass is 16.5. The Hall–Kier alpha value is -3.51. The molecule has 1 heterocycles. The number of carbonyl (C=O) groups excluding carboxylic acids is 2. The number of rotatable bonds is 21. The first-order valence-corrected chi connectivity index (χ1v) is 14.1. The Bertz CT molecular complexity index is 957. The van der Waals surface area contributed by atoms with E-state index in [0.717, 1.165) is 50.6 Å². The molecule has 1 rings (SSSR count). The topological polar surface area (TPSA) is 80.3 Å². The summed E-state index contributed by atoms with van der Waals surface area (Å²) in [6.45, 7) is 5.69. The number of hydrogen-bond acceptors (Lipinski definition) is 4. The molecule has 212 valence electrons. The fraction of sp³-hybridized carbons (Fsp3) is 0.424. The Kier molecular flexibility index (Phi) is 21.3. The highest BCUT2D eigenvalue weighted by Crippen LogP contribution is 1.99. The van der Waals surface area contributed by atoms with Crippen LogP contribution in [0.2, 0.25) is 0 Å². The second-order valence-electron chi connectivity index (χ2n) is 8.86. The molecule has 0 fully saturated rings. The summed E-state index contributed by atoms with van der Waals surface area (Å²) < 4.78 is 5.46. The van der Waals surface area contributed by atoms with Crippen molar-refractivity contribution in [3.8, 4) is 0 Å². The Morgan fingerprint density at radius 3 is 1.77 bits per heavy atom. The van der Waals surface area contributed by atoms with Gasteiger partial charge in [-0.25, -0.2) is 0 Å². The Balaban J connectivity index is 1.92. The van der Waals surface area contributed by atoms with Crippen LogP contribution in [0.25, 0.3) is 0 Å². The third-order valence-corrected chi connectivity index (χ3v) is 5.41. The first kappa shape index (κ1) is 33.5. The molecule has 2 N–H and O–H groups in total. The molecular weight excluding hydrogens is 486 g/mol. The van der Waals surface area contributed by atoms with Gasteiger partial charge in [-0.2, -0.15) is 0 Å². The summed E-state index contributed by atoms with van der Waals surface area (Å²) in [5.74, 6) is -0.160. The fourth-order valence-corrected chi connectivity index (χ4v) is 3.25. The molecule has 0 radical (unpaired) electrons. The zero-order valence-electron chi connectivity index (χ0n) is 23.8. The lowest BCUT2D eigenvalue weighted by atomic mass is 10.2. The van der Waals surface area contributed by atoms with Crippen molar-refractivity contribution in [2.75, 3.05) is 26.3 Å². The zero-order valence-corrected chi connectivity index (χ0v) is 23.8. The maximum Gasteiger partial charge on any atom is 0.252 e. The van der Waals surface area contributed by atoms with Crippen LogP contribution >= 0.6 is 0 Å². The van der Waals surface area contributed by atoms with E-state index < -0.39 is 0 Å². The minimum Gasteiger partial charge on any atom is -0.378 e. The maximum absolute atomic E-state index is 12.0. The predicted molar refractivity (Wildman–Crippen MR) is 163 cm³/mol. The van der Waals surface area contributed by atoms with Crippen molar-refractivity contribution in [1.29, 1.82) is 0 Å². The van der Waals surface area contributed by atoms with Crippen LogP contribution in [0, 0.1) is 6.92 Å². The number of pyridine rings is 1. The average Bonchev–Trinajstić information content (AvgIpc) is 2.94. The lowest BCUT2D eigenvalue weighted by Crippen LogP contribution is -2.30. The number of ether oxygens (including phenoxy) is 1. The van der Waals surface area contributed by atoms with Crippen molar-refractivity contribution < 1.29 is 14.3 Å². The van der Waals surface area contributed by atoms with Crippen molar-refractivity contribution in [3.63, 3.8) is 0 Å². The van der Waals surface area contributed by atoms with Crippen molar-refractivity contribution in [3.05, 3.63) is 102 Å². The molecule has 39 heavy (non-hydrogen) atoms. The smallest absolute Gasteiger partial charge is 0.252 e. The summed E-state index contributed by atoms with van der Waals surface area (Å²) >= 11 is 0. The van der Waals surface area contributed by atoms with Gasteiger partial charge >= 0.3 is 0 Å². The number of nitrogens with one attached hydrogen (secondary N) is 2. The second kappa shape index (κ2) is 24.8. The van der Waals surface area contributed by atoms with E-state index in [9.17, 15) is 9.59 Å². The van der Waals surface area contributed by atoms with Crippen molar-refractivity contribution in [2.24, 2.45) is 0 Å². The van der Waals surface area contributed by atoms with Gasteiger partial charge in [0.05, 0.1) is 18.8 Å². The van der Waals surface area contributed by atoms with Crippen LogP contribution in [0.1, 0.15) is 74.3 Å². The van der Waals surface area contributed by atoms with E-state index in [0.29, 0.717) is 38.3 Å². The summed E-state index contributed by atoms with van der Waals surface area (Å²) in [6.07, 6.45) is 34.7. The molecule has 0 aliphatic heterocycles. The third-order valence-electron chi connectivity index (χ3n) is 5.41. The molecule has 0 saturated carbocycles. The monoisotopic (exact) mass is 533 g/mol. The van der Waals surface area contributed by atoms with Crippen LogP contribution in [0.3, 0.4) is 0 Å².